The van der Waals surface area contributed by atoms with Crippen LogP contribution in [0.3, 0.4) is 0 Å². The average molecular weight is 328 g/mol. The third kappa shape index (κ3) is 3.77. The second-order valence-corrected chi connectivity index (χ2v) is 7.61. The van der Waals surface area contributed by atoms with Crippen molar-refractivity contribution in [2.24, 2.45) is 0 Å². The van der Waals surface area contributed by atoms with E-state index >= 15 is 0 Å². The van der Waals surface area contributed by atoms with Crippen molar-refractivity contribution in [1.82, 2.24) is 9.88 Å². The highest BCUT2D eigenvalue weighted by atomic mass is 32.1. The van der Waals surface area contributed by atoms with Crippen molar-refractivity contribution in [2.75, 3.05) is 6.61 Å². The predicted octanol–water partition coefficient (Wildman–Crippen LogP) is 2.42. The van der Waals surface area contributed by atoms with Crippen molar-refractivity contribution in [1.29, 1.82) is 0 Å². The van der Waals surface area contributed by atoms with Gasteiger partial charge < -0.3 is 14.6 Å². The maximum absolute atomic E-state index is 12.6. The van der Waals surface area contributed by atoms with Gasteiger partial charge in [0.1, 0.15) is 17.4 Å². The number of aliphatic hydroxyl groups is 1. The first-order chi connectivity index (χ1) is 10.1. The molecule has 7 heteroatoms. The second-order valence-electron chi connectivity index (χ2n) is 6.89. The maximum atomic E-state index is 12.6. The Kier molecular flexibility index (Phi) is 4.79. The topological polar surface area (TPSA) is 71.9 Å². The SMILES string of the molecule is CC(C)(C)OC(=O)N1C(Cc2cscn2)C(CO)OC1(C)C. The second kappa shape index (κ2) is 6.14. The highest BCUT2D eigenvalue weighted by Crippen LogP contribution is 2.35. The fraction of sp³-hybridized carbons (Fsp3) is 0.733. The Bertz CT molecular complexity index is 510. The van der Waals surface area contributed by atoms with E-state index in [1.54, 1.807) is 24.3 Å². The Balaban J connectivity index is 2.26. The molecule has 0 aliphatic carbocycles. The molecule has 2 rings (SSSR count). The van der Waals surface area contributed by atoms with Gasteiger partial charge in [-0.3, -0.25) is 4.90 Å². The van der Waals surface area contributed by atoms with Gasteiger partial charge in [0.15, 0.2) is 0 Å². The van der Waals surface area contributed by atoms with Gasteiger partial charge in [0.05, 0.1) is 23.9 Å². The number of carbonyl (C=O) groups excluding carboxylic acids is 1. The van der Waals surface area contributed by atoms with Crippen LogP contribution >= 0.6 is 11.3 Å². The zero-order valence-electron chi connectivity index (χ0n) is 13.7. The van der Waals surface area contributed by atoms with E-state index in [0.29, 0.717) is 6.42 Å². The number of aliphatic hydroxyl groups excluding tert-OH is 1. The first kappa shape index (κ1) is 17.2. The molecule has 124 valence electrons. The minimum atomic E-state index is -0.837. The van der Waals surface area contributed by atoms with Crippen LogP contribution in [0.15, 0.2) is 10.9 Å². The van der Waals surface area contributed by atoms with Gasteiger partial charge in [0.2, 0.25) is 0 Å². The lowest BCUT2D eigenvalue weighted by atomic mass is 10.1. The molecule has 1 aliphatic heterocycles. The molecule has 1 fully saturated rings. The van der Waals surface area contributed by atoms with Crippen LogP contribution in [0.1, 0.15) is 40.3 Å². The van der Waals surface area contributed by atoms with Crippen molar-refractivity contribution in [2.45, 2.75) is 64.5 Å². The normalized spacial score (nSPS) is 24.5. The van der Waals surface area contributed by atoms with Crippen LogP contribution < -0.4 is 0 Å². The summed E-state index contributed by atoms with van der Waals surface area (Å²) in [6.07, 6.45) is -0.366. The monoisotopic (exact) mass is 328 g/mol. The highest BCUT2D eigenvalue weighted by Gasteiger charge is 2.51. The number of carbonyl (C=O) groups is 1. The molecule has 0 saturated carbocycles. The fourth-order valence-electron chi connectivity index (χ4n) is 2.67. The molecule has 2 atom stereocenters. The van der Waals surface area contributed by atoms with E-state index < -0.39 is 23.5 Å². The largest absolute Gasteiger partial charge is 0.444 e. The minimum Gasteiger partial charge on any atom is -0.444 e. The van der Waals surface area contributed by atoms with Crippen molar-refractivity contribution in [3.63, 3.8) is 0 Å². The van der Waals surface area contributed by atoms with E-state index in [1.165, 1.54) is 11.3 Å². The van der Waals surface area contributed by atoms with E-state index in [1.807, 2.05) is 26.2 Å². The lowest BCUT2D eigenvalue weighted by Gasteiger charge is -2.35. The quantitative estimate of drug-likeness (QED) is 0.922. The van der Waals surface area contributed by atoms with Gasteiger partial charge in [-0.05, 0) is 34.6 Å². The Morgan fingerprint density at radius 2 is 2.23 bits per heavy atom. The Morgan fingerprint density at radius 1 is 1.55 bits per heavy atom. The number of hydrogen-bond acceptors (Lipinski definition) is 6. The first-order valence-corrected chi connectivity index (χ1v) is 8.26. The van der Waals surface area contributed by atoms with Gasteiger partial charge in [-0.25, -0.2) is 9.78 Å². The van der Waals surface area contributed by atoms with Crippen LogP contribution in [-0.2, 0) is 15.9 Å². The van der Waals surface area contributed by atoms with E-state index in [-0.39, 0.29) is 12.6 Å². The van der Waals surface area contributed by atoms with E-state index in [4.69, 9.17) is 9.47 Å². The van der Waals surface area contributed by atoms with Crippen molar-refractivity contribution < 1.29 is 19.4 Å². The average Bonchev–Trinajstić information content (AvgIpc) is 2.93. The third-order valence-corrected chi connectivity index (χ3v) is 4.09. The molecular weight excluding hydrogens is 304 g/mol. The van der Waals surface area contributed by atoms with Crippen LogP contribution in [0, 0.1) is 0 Å². The molecule has 1 aromatic heterocycles. The van der Waals surface area contributed by atoms with Crippen LogP contribution in [-0.4, -0.2) is 51.2 Å². The van der Waals surface area contributed by atoms with Gasteiger partial charge in [-0.2, -0.15) is 0 Å². The summed E-state index contributed by atoms with van der Waals surface area (Å²) in [6.45, 7) is 8.94. The zero-order chi connectivity index (χ0) is 16.5. The molecule has 1 N–H and O–H groups in total. The maximum Gasteiger partial charge on any atom is 0.412 e. The number of hydrogen-bond donors (Lipinski definition) is 1. The van der Waals surface area contributed by atoms with Crippen molar-refractivity contribution in [3.05, 3.63) is 16.6 Å². The Morgan fingerprint density at radius 3 is 2.73 bits per heavy atom. The lowest BCUT2D eigenvalue weighted by Crippen LogP contribution is -2.51. The molecule has 1 aliphatic rings. The summed E-state index contributed by atoms with van der Waals surface area (Å²) in [7, 11) is 0. The zero-order valence-corrected chi connectivity index (χ0v) is 14.5. The summed E-state index contributed by atoms with van der Waals surface area (Å²) in [5, 5.41) is 11.5. The van der Waals surface area contributed by atoms with Gasteiger partial charge in [0, 0.05) is 11.8 Å². The molecule has 0 spiro atoms. The van der Waals surface area contributed by atoms with Crippen LogP contribution in [0.25, 0.3) is 0 Å². The third-order valence-electron chi connectivity index (χ3n) is 3.45. The van der Waals surface area contributed by atoms with Crippen LogP contribution in [0.5, 0.6) is 0 Å². The van der Waals surface area contributed by atoms with Crippen LogP contribution in [0.4, 0.5) is 4.79 Å². The van der Waals surface area contributed by atoms with Gasteiger partial charge in [-0.15, -0.1) is 11.3 Å². The standard InChI is InChI=1S/C15H24N2O4S/c1-14(2,3)21-13(19)17-11(6-10-8-22-9-16-10)12(7-18)20-15(17,4)5/h8-9,11-12,18H,6-7H2,1-5H3. The molecule has 1 saturated heterocycles. The number of thiazole rings is 1. The number of amides is 1. The van der Waals surface area contributed by atoms with E-state index in [9.17, 15) is 9.90 Å². The fourth-order valence-corrected chi connectivity index (χ4v) is 3.24. The Hall–Kier alpha value is -1.18. The summed E-state index contributed by atoms with van der Waals surface area (Å²) < 4.78 is 11.4. The summed E-state index contributed by atoms with van der Waals surface area (Å²) in [5.41, 5.74) is 1.21. The smallest absolute Gasteiger partial charge is 0.412 e. The number of ether oxygens (including phenoxy) is 2. The van der Waals surface area contributed by atoms with Gasteiger partial charge in [0.25, 0.3) is 0 Å². The molecule has 0 radical (unpaired) electrons. The van der Waals surface area contributed by atoms with Gasteiger partial charge >= 0.3 is 6.09 Å². The number of aromatic nitrogens is 1. The summed E-state index contributed by atoms with van der Waals surface area (Å²) >= 11 is 1.50. The predicted molar refractivity (Wildman–Crippen MR) is 83.7 cm³/mol. The van der Waals surface area contributed by atoms with Gasteiger partial charge in [-0.1, -0.05) is 0 Å². The molecular formula is C15H24N2O4S. The molecule has 22 heavy (non-hydrogen) atoms. The van der Waals surface area contributed by atoms with Crippen LogP contribution in [0.2, 0.25) is 0 Å². The number of nitrogens with zero attached hydrogens (tertiary/aromatic N) is 2. The van der Waals surface area contributed by atoms with Crippen molar-refractivity contribution in [3.8, 4) is 0 Å². The molecule has 0 bridgehead atoms. The first-order valence-electron chi connectivity index (χ1n) is 7.32. The van der Waals surface area contributed by atoms with E-state index in [0.717, 1.165) is 5.69 Å². The highest BCUT2D eigenvalue weighted by molar-refractivity contribution is 7.07. The summed E-state index contributed by atoms with van der Waals surface area (Å²) in [5.74, 6) is 0. The molecule has 1 amide bonds. The molecule has 0 aromatic carbocycles. The molecule has 2 heterocycles. The molecule has 6 nitrogen and oxygen atoms in total. The molecule has 1 aromatic rings. The summed E-state index contributed by atoms with van der Waals surface area (Å²) in [6, 6.07) is -0.308. The van der Waals surface area contributed by atoms with E-state index in [2.05, 4.69) is 4.98 Å². The molecule has 2 unspecified atom stereocenters. The van der Waals surface area contributed by atoms with Crippen molar-refractivity contribution >= 4 is 17.4 Å². The number of rotatable bonds is 3. The minimum absolute atomic E-state index is 0.155. The lowest BCUT2D eigenvalue weighted by molar-refractivity contribution is -0.0866. The summed E-state index contributed by atoms with van der Waals surface area (Å²) in [4.78, 5) is 18.5. The Labute approximate surface area is 135 Å².